The second-order valence-corrected chi connectivity index (χ2v) is 9.97. The van der Waals surface area contributed by atoms with Gasteiger partial charge in [0.1, 0.15) is 35.3 Å². The molecule has 0 amide bonds. The fourth-order valence-corrected chi connectivity index (χ4v) is 5.02. The first-order valence-corrected chi connectivity index (χ1v) is 13.3. The van der Waals surface area contributed by atoms with Gasteiger partial charge in [0.2, 0.25) is 17.8 Å². The molecule has 1 saturated heterocycles. The summed E-state index contributed by atoms with van der Waals surface area (Å²) in [5.41, 5.74) is 0.983. The summed E-state index contributed by atoms with van der Waals surface area (Å²) in [4.78, 5) is 64.9. The molecule has 0 saturated carbocycles. The number of thiazole rings is 1. The Morgan fingerprint density at radius 3 is 2.20 bits per heavy atom. The summed E-state index contributed by atoms with van der Waals surface area (Å²) < 4.78 is 38.9. The summed E-state index contributed by atoms with van der Waals surface area (Å²) in [6.07, 6.45) is -5.41. The van der Waals surface area contributed by atoms with Crippen LogP contribution in [0.1, 0.15) is 33.4 Å². The number of benzene rings is 1. The van der Waals surface area contributed by atoms with Gasteiger partial charge in [0.25, 0.3) is 0 Å². The lowest BCUT2D eigenvalue weighted by molar-refractivity contribution is -0.288. The zero-order valence-electron chi connectivity index (χ0n) is 22.7. The summed E-state index contributed by atoms with van der Waals surface area (Å²) in [6, 6.07) is 4.40. The van der Waals surface area contributed by atoms with Gasteiger partial charge in [-0.2, -0.15) is 0 Å². The van der Waals surface area contributed by atoms with Crippen molar-refractivity contribution in [1.29, 1.82) is 0 Å². The zero-order valence-corrected chi connectivity index (χ0v) is 23.6. The molecule has 2 aromatic heterocycles. The van der Waals surface area contributed by atoms with Gasteiger partial charge in [0.15, 0.2) is 12.2 Å². The van der Waals surface area contributed by atoms with Crippen LogP contribution < -0.4 is 10.2 Å². The Labute approximate surface area is 237 Å². The molecule has 14 heteroatoms. The number of aryl methyl sites for hydroxylation is 1. The van der Waals surface area contributed by atoms with Crippen molar-refractivity contribution in [2.45, 2.75) is 65.3 Å². The van der Waals surface area contributed by atoms with E-state index in [4.69, 9.17) is 32.8 Å². The Kier molecular flexibility index (Phi) is 9.03. The Hall–Kier alpha value is -4.30. The third kappa shape index (κ3) is 7.08. The second-order valence-electron chi connectivity index (χ2n) is 9.12. The Balaban J connectivity index is 1.70. The summed E-state index contributed by atoms with van der Waals surface area (Å²) in [6.45, 7) is 5.96. The molecule has 1 aliphatic rings. The molecular weight excluding hydrogens is 562 g/mol. The van der Waals surface area contributed by atoms with Gasteiger partial charge in [0, 0.05) is 44.8 Å². The van der Waals surface area contributed by atoms with Crippen molar-refractivity contribution >= 4 is 46.2 Å². The molecule has 4 rings (SSSR count). The highest BCUT2D eigenvalue weighted by Gasteiger charge is 2.53. The van der Waals surface area contributed by atoms with E-state index in [1.54, 1.807) is 0 Å². The monoisotopic (exact) mass is 589 g/mol. The number of fused-ring (bicyclic) bond motifs is 1. The molecule has 0 N–H and O–H groups in total. The fraction of sp³-hybridized carbons (Fsp3) is 0.407. The molecule has 3 heterocycles. The fourth-order valence-electron chi connectivity index (χ4n) is 4.22. The SMILES string of the molecule is CC(=O)OC[C@@H]1O[C@H](Oc2ccc3c(=O)c(-c4nc(C)cs4)coc3c2)[C@H](OC(C)=O)[C@@H](OC(C)=O)[C@H]1OC(C)=O. The number of carbonyl (C=O) groups excluding carboxylic acids is 4. The van der Waals surface area contributed by atoms with Crippen LogP contribution in [0.15, 0.2) is 39.1 Å². The molecule has 0 radical (unpaired) electrons. The highest BCUT2D eigenvalue weighted by atomic mass is 32.1. The van der Waals surface area contributed by atoms with E-state index in [0.717, 1.165) is 26.5 Å². The average molecular weight is 590 g/mol. The molecule has 5 atom stereocenters. The van der Waals surface area contributed by atoms with E-state index < -0.39 is 61.2 Å². The second kappa shape index (κ2) is 12.5. The van der Waals surface area contributed by atoms with Crippen molar-refractivity contribution in [2.24, 2.45) is 0 Å². The molecular formula is C27H27NO12S. The van der Waals surface area contributed by atoms with Crippen molar-refractivity contribution in [3.05, 3.63) is 45.8 Å². The van der Waals surface area contributed by atoms with Crippen molar-refractivity contribution in [2.75, 3.05) is 6.61 Å². The maximum Gasteiger partial charge on any atom is 0.303 e. The molecule has 218 valence electrons. The first-order valence-electron chi connectivity index (χ1n) is 12.4. The standard InChI is InChI=1S/C27H27NO12S/c1-12-11-41-26(28-12)19-9-35-20-8-17(6-7-18(20)22(19)33)39-27-25(38-16(5)32)24(37-15(4)31)23(36-14(3)30)21(40-27)10-34-13(2)29/h6-9,11,21,23-25,27H,10H2,1-5H3/t21-,23-,24-,25+,27-/m0/s1. The van der Waals surface area contributed by atoms with E-state index >= 15 is 0 Å². The number of hydrogen-bond donors (Lipinski definition) is 0. The normalized spacial score (nSPS) is 22.0. The molecule has 1 fully saturated rings. The first kappa shape index (κ1) is 29.7. The molecule has 0 aliphatic carbocycles. The van der Waals surface area contributed by atoms with Crippen LogP contribution in [0, 0.1) is 6.92 Å². The molecule has 3 aromatic rings. The molecule has 0 bridgehead atoms. The lowest BCUT2D eigenvalue weighted by Crippen LogP contribution is -2.63. The largest absolute Gasteiger partial charge is 0.463 e. The number of hydrogen-bond acceptors (Lipinski definition) is 14. The van der Waals surface area contributed by atoms with Crippen LogP contribution in [0.5, 0.6) is 5.75 Å². The lowest BCUT2D eigenvalue weighted by Gasteiger charge is -2.43. The van der Waals surface area contributed by atoms with Gasteiger partial charge in [-0.1, -0.05) is 0 Å². The highest BCUT2D eigenvalue weighted by Crippen LogP contribution is 2.32. The van der Waals surface area contributed by atoms with Crippen LogP contribution in [0.2, 0.25) is 0 Å². The van der Waals surface area contributed by atoms with Gasteiger partial charge in [-0.15, -0.1) is 11.3 Å². The van der Waals surface area contributed by atoms with Crippen LogP contribution in [0.4, 0.5) is 0 Å². The number of carbonyl (C=O) groups is 4. The summed E-state index contributed by atoms with van der Waals surface area (Å²) in [7, 11) is 0. The maximum absolute atomic E-state index is 13.1. The van der Waals surface area contributed by atoms with Gasteiger partial charge in [-0.3, -0.25) is 24.0 Å². The minimum atomic E-state index is -1.43. The van der Waals surface area contributed by atoms with Crippen LogP contribution in [-0.4, -0.2) is 66.2 Å². The average Bonchev–Trinajstić information content (AvgIpc) is 3.31. The summed E-state index contributed by atoms with van der Waals surface area (Å²) >= 11 is 1.32. The molecule has 1 aliphatic heterocycles. The smallest absolute Gasteiger partial charge is 0.303 e. The van der Waals surface area contributed by atoms with Gasteiger partial charge < -0.3 is 32.8 Å². The summed E-state index contributed by atoms with van der Waals surface area (Å²) in [5.74, 6) is -2.79. The highest BCUT2D eigenvalue weighted by molar-refractivity contribution is 7.13. The van der Waals surface area contributed by atoms with Gasteiger partial charge in [0.05, 0.1) is 10.9 Å². The molecule has 41 heavy (non-hydrogen) atoms. The molecule has 0 unspecified atom stereocenters. The van der Waals surface area contributed by atoms with Gasteiger partial charge >= 0.3 is 23.9 Å². The third-order valence-corrected chi connectivity index (χ3v) is 6.79. The lowest BCUT2D eigenvalue weighted by atomic mass is 9.98. The number of esters is 4. The van der Waals surface area contributed by atoms with Crippen LogP contribution >= 0.6 is 11.3 Å². The van der Waals surface area contributed by atoms with Gasteiger partial charge in [-0.05, 0) is 19.1 Å². The number of rotatable bonds is 8. The van der Waals surface area contributed by atoms with Gasteiger partial charge in [-0.25, -0.2) is 4.98 Å². The topological polar surface area (TPSA) is 167 Å². The van der Waals surface area contributed by atoms with Crippen LogP contribution in [-0.2, 0) is 42.9 Å². The van der Waals surface area contributed by atoms with Crippen molar-refractivity contribution in [1.82, 2.24) is 4.98 Å². The minimum Gasteiger partial charge on any atom is -0.463 e. The quantitative estimate of drug-likeness (QED) is 0.278. The van der Waals surface area contributed by atoms with E-state index in [9.17, 15) is 24.0 Å². The Bertz CT molecular complexity index is 1530. The Morgan fingerprint density at radius 2 is 1.59 bits per heavy atom. The number of nitrogens with zero attached hydrogens (tertiary/aromatic N) is 1. The predicted octanol–water partition coefficient (Wildman–Crippen LogP) is 2.69. The van der Waals surface area contributed by atoms with Crippen molar-refractivity contribution < 1.29 is 52.0 Å². The Morgan fingerprint density at radius 1 is 0.927 bits per heavy atom. The van der Waals surface area contributed by atoms with E-state index in [1.165, 1.54) is 42.7 Å². The number of ether oxygens (including phenoxy) is 6. The predicted molar refractivity (Wildman–Crippen MR) is 141 cm³/mol. The maximum atomic E-state index is 13.1. The first-order chi connectivity index (χ1) is 19.4. The third-order valence-electron chi connectivity index (χ3n) is 5.80. The summed E-state index contributed by atoms with van der Waals surface area (Å²) in [5, 5.41) is 2.61. The van der Waals surface area contributed by atoms with E-state index in [0.29, 0.717) is 10.6 Å². The van der Waals surface area contributed by atoms with Crippen molar-refractivity contribution in [3.63, 3.8) is 0 Å². The van der Waals surface area contributed by atoms with E-state index in [1.807, 2.05) is 12.3 Å². The van der Waals surface area contributed by atoms with E-state index in [-0.39, 0.29) is 22.1 Å². The van der Waals surface area contributed by atoms with Crippen molar-refractivity contribution in [3.8, 4) is 16.3 Å². The molecule has 1 aromatic carbocycles. The minimum absolute atomic E-state index is 0.138. The van der Waals surface area contributed by atoms with E-state index in [2.05, 4.69) is 4.98 Å². The number of aromatic nitrogens is 1. The molecule has 13 nitrogen and oxygen atoms in total. The molecule has 0 spiro atoms. The van der Waals surface area contributed by atoms with Crippen LogP contribution in [0.3, 0.4) is 0 Å². The zero-order chi connectivity index (χ0) is 29.8. The van der Waals surface area contributed by atoms with Crippen LogP contribution in [0.25, 0.3) is 21.5 Å².